The highest BCUT2D eigenvalue weighted by Crippen LogP contribution is 2.33. The predicted molar refractivity (Wildman–Crippen MR) is 79.7 cm³/mol. The van der Waals surface area contributed by atoms with Crippen molar-refractivity contribution in [3.8, 4) is 0 Å². The summed E-state index contributed by atoms with van der Waals surface area (Å²) in [4.78, 5) is 4.35. The van der Waals surface area contributed by atoms with Crippen molar-refractivity contribution in [1.29, 1.82) is 0 Å². The number of nitrogens with zero attached hydrogens (tertiary/aromatic N) is 1. The molecule has 1 heterocycles. The third-order valence-electron chi connectivity index (χ3n) is 3.41. The van der Waals surface area contributed by atoms with E-state index in [0.29, 0.717) is 0 Å². The molecule has 1 aromatic heterocycles. The van der Waals surface area contributed by atoms with E-state index in [4.69, 9.17) is 5.73 Å². The number of rotatable bonds is 4. The van der Waals surface area contributed by atoms with E-state index in [1.54, 1.807) is 6.20 Å². The van der Waals surface area contributed by atoms with Crippen LogP contribution in [0.1, 0.15) is 19.3 Å². The zero-order chi connectivity index (χ0) is 12.5. The lowest BCUT2D eigenvalue weighted by Crippen LogP contribution is -2.06. The molecule has 0 saturated heterocycles. The predicted octanol–water partition coefficient (Wildman–Crippen LogP) is 3.79. The van der Waals surface area contributed by atoms with Crippen molar-refractivity contribution in [2.24, 2.45) is 5.92 Å². The first kappa shape index (κ1) is 11.8. The van der Waals surface area contributed by atoms with Gasteiger partial charge in [0.2, 0.25) is 0 Å². The number of hydrogen-bond acceptors (Lipinski definition) is 3. The summed E-state index contributed by atoms with van der Waals surface area (Å²) in [5.74, 6) is 0.929. The van der Waals surface area contributed by atoms with Crippen LogP contribution in [0, 0.1) is 5.92 Å². The van der Waals surface area contributed by atoms with E-state index in [1.165, 1.54) is 19.3 Å². The summed E-state index contributed by atoms with van der Waals surface area (Å²) in [6.45, 7) is 0.987. The molecule has 0 bridgehead atoms. The molecule has 0 aliphatic heterocycles. The zero-order valence-electron chi connectivity index (χ0n) is 10.1. The maximum atomic E-state index is 6.03. The van der Waals surface area contributed by atoms with Crippen LogP contribution in [-0.4, -0.2) is 11.5 Å². The number of anilines is 2. The first-order valence-corrected chi connectivity index (χ1v) is 7.11. The van der Waals surface area contributed by atoms with E-state index in [9.17, 15) is 0 Å². The monoisotopic (exact) mass is 305 g/mol. The number of fused-ring (bicyclic) bond motifs is 1. The molecule has 4 heteroatoms. The Kier molecular flexibility index (Phi) is 3.12. The summed E-state index contributed by atoms with van der Waals surface area (Å²) >= 11 is 3.50. The molecule has 0 amide bonds. The lowest BCUT2D eigenvalue weighted by atomic mass is 10.1. The van der Waals surface area contributed by atoms with Crippen LogP contribution in [0.4, 0.5) is 11.4 Å². The summed E-state index contributed by atoms with van der Waals surface area (Å²) in [5.41, 5.74) is 8.74. The Morgan fingerprint density at radius 3 is 3.00 bits per heavy atom. The molecule has 0 spiro atoms. The Morgan fingerprint density at radius 1 is 1.39 bits per heavy atom. The fourth-order valence-electron chi connectivity index (χ4n) is 2.19. The largest absolute Gasteiger partial charge is 0.396 e. The summed E-state index contributed by atoms with van der Waals surface area (Å²) in [6.07, 6.45) is 5.74. The average molecular weight is 306 g/mol. The van der Waals surface area contributed by atoms with E-state index in [0.717, 1.165) is 39.2 Å². The minimum absolute atomic E-state index is 0.719. The van der Waals surface area contributed by atoms with E-state index < -0.39 is 0 Å². The molecule has 3 nitrogen and oxygen atoms in total. The van der Waals surface area contributed by atoms with Gasteiger partial charge in [-0.05, 0) is 30.5 Å². The second-order valence-electron chi connectivity index (χ2n) is 4.91. The SMILES string of the molecule is Nc1cnc2ccc(Br)cc2c1NCCC1CC1. The quantitative estimate of drug-likeness (QED) is 0.903. The molecule has 1 aliphatic rings. The van der Waals surface area contributed by atoms with Gasteiger partial charge in [-0.1, -0.05) is 28.8 Å². The van der Waals surface area contributed by atoms with Gasteiger partial charge in [-0.15, -0.1) is 0 Å². The maximum absolute atomic E-state index is 6.03. The molecule has 3 N–H and O–H groups in total. The molecule has 2 aromatic rings. The molecule has 18 heavy (non-hydrogen) atoms. The first-order chi connectivity index (χ1) is 8.74. The van der Waals surface area contributed by atoms with Gasteiger partial charge >= 0.3 is 0 Å². The summed E-state index contributed by atoms with van der Waals surface area (Å²) < 4.78 is 1.05. The minimum Gasteiger partial charge on any atom is -0.396 e. The number of pyridine rings is 1. The second-order valence-corrected chi connectivity index (χ2v) is 5.82. The summed E-state index contributed by atoms with van der Waals surface area (Å²) in [7, 11) is 0. The van der Waals surface area contributed by atoms with Crippen LogP contribution < -0.4 is 11.1 Å². The van der Waals surface area contributed by atoms with Gasteiger partial charge in [-0.3, -0.25) is 4.98 Å². The van der Waals surface area contributed by atoms with Crippen LogP contribution >= 0.6 is 15.9 Å². The Bertz CT molecular complexity index is 573. The highest BCUT2D eigenvalue weighted by Gasteiger charge is 2.20. The van der Waals surface area contributed by atoms with Gasteiger partial charge in [-0.2, -0.15) is 0 Å². The van der Waals surface area contributed by atoms with Crippen molar-refractivity contribution in [2.75, 3.05) is 17.6 Å². The number of nitrogens with one attached hydrogen (secondary N) is 1. The van der Waals surface area contributed by atoms with Crippen LogP contribution in [0.2, 0.25) is 0 Å². The molecule has 94 valence electrons. The molecule has 1 fully saturated rings. The number of halogens is 1. The van der Waals surface area contributed by atoms with Crippen LogP contribution in [0.5, 0.6) is 0 Å². The van der Waals surface area contributed by atoms with Crippen molar-refractivity contribution in [2.45, 2.75) is 19.3 Å². The number of hydrogen-bond donors (Lipinski definition) is 2. The van der Waals surface area contributed by atoms with Crippen molar-refractivity contribution in [3.05, 3.63) is 28.9 Å². The second kappa shape index (κ2) is 4.76. The van der Waals surface area contributed by atoms with Crippen LogP contribution in [0.25, 0.3) is 10.9 Å². The Balaban J connectivity index is 1.91. The molecule has 0 radical (unpaired) electrons. The van der Waals surface area contributed by atoms with Crippen molar-refractivity contribution in [3.63, 3.8) is 0 Å². The number of aromatic nitrogens is 1. The van der Waals surface area contributed by atoms with Gasteiger partial charge in [0.1, 0.15) is 0 Å². The minimum atomic E-state index is 0.719. The molecule has 3 rings (SSSR count). The van der Waals surface area contributed by atoms with Crippen molar-refractivity contribution in [1.82, 2.24) is 4.98 Å². The third kappa shape index (κ3) is 2.43. The fraction of sp³-hybridized carbons (Fsp3) is 0.357. The lowest BCUT2D eigenvalue weighted by molar-refractivity contribution is 0.761. The fourth-order valence-corrected chi connectivity index (χ4v) is 2.55. The molecule has 0 unspecified atom stereocenters. The smallest absolute Gasteiger partial charge is 0.0743 e. The summed E-state index contributed by atoms with van der Waals surface area (Å²) in [6, 6.07) is 6.07. The van der Waals surface area contributed by atoms with E-state index >= 15 is 0 Å². The zero-order valence-corrected chi connectivity index (χ0v) is 11.7. The molecule has 0 atom stereocenters. The van der Waals surface area contributed by atoms with Gasteiger partial charge in [0.15, 0.2) is 0 Å². The summed E-state index contributed by atoms with van der Waals surface area (Å²) in [5, 5.41) is 4.55. The molecule has 1 aromatic carbocycles. The number of nitrogens with two attached hydrogens (primary N) is 1. The Hall–Kier alpha value is -1.29. The van der Waals surface area contributed by atoms with Crippen molar-refractivity contribution >= 4 is 38.2 Å². The first-order valence-electron chi connectivity index (χ1n) is 6.31. The normalized spacial score (nSPS) is 14.9. The highest BCUT2D eigenvalue weighted by molar-refractivity contribution is 9.10. The van der Waals surface area contributed by atoms with Crippen LogP contribution in [0.15, 0.2) is 28.9 Å². The van der Waals surface area contributed by atoms with Crippen LogP contribution in [0.3, 0.4) is 0 Å². The van der Waals surface area contributed by atoms with E-state index in [1.807, 2.05) is 12.1 Å². The van der Waals surface area contributed by atoms with E-state index in [-0.39, 0.29) is 0 Å². The Labute approximate surface area is 115 Å². The third-order valence-corrected chi connectivity index (χ3v) is 3.90. The Morgan fingerprint density at radius 2 is 2.22 bits per heavy atom. The molecule has 1 aliphatic carbocycles. The molecule has 1 saturated carbocycles. The van der Waals surface area contributed by atoms with Crippen LogP contribution in [-0.2, 0) is 0 Å². The number of benzene rings is 1. The molecular weight excluding hydrogens is 290 g/mol. The standard InChI is InChI=1S/C14H16BrN3/c15-10-3-4-13-11(7-10)14(12(16)8-18-13)17-6-5-9-1-2-9/h3-4,7-9H,1-2,5-6,16H2,(H,17,18). The molecular formula is C14H16BrN3. The van der Waals surface area contributed by atoms with Gasteiger partial charge in [0, 0.05) is 16.4 Å². The van der Waals surface area contributed by atoms with Gasteiger partial charge in [0.05, 0.1) is 23.1 Å². The average Bonchev–Trinajstić information content (AvgIpc) is 3.16. The number of nitrogen functional groups attached to an aromatic ring is 1. The lowest BCUT2D eigenvalue weighted by Gasteiger charge is -2.12. The van der Waals surface area contributed by atoms with Gasteiger partial charge < -0.3 is 11.1 Å². The van der Waals surface area contributed by atoms with E-state index in [2.05, 4.69) is 32.3 Å². The van der Waals surface area contributed by atoms with Gasteiger partial charge in [0.25, 0.3) is 0 Å². The highest BCUT2D eigenvalue weighted by atomic mass is 79.9. The van der Waals surface area contributed by atoms with Crippen molar-refractivity contribution < 1.29 is 0 Å². The van der Waals surface area contributed by atoms with Gasteiger partial charge in [-0.25, -0.2) is 0 Å². The maximum Gasteiger partial charge on any atom is 0.0743 e. The topological polar surface area (TPSA) is 50.9 Å².